The van der Waals surface area contributed by atoms with Gasteiger partial charge in [0.25, 0.3) is 0 Å². The Kier molecular flexibility index (Phi) is 3.12. The number of fused-ring (bicyclic) bond motifs is 2. The van der Waals surface area contributed by atoms with Gasteiger partial charge >= 0.3 is 6.18 Å². The number of halogens is 3. The van der Waals surface area contributed by atoms with Gasteiger partial charge in [0.05, 0.1) is 5.56 Å². The van der Waals surface area contributed by atoms with E-state index in [0.717, 1.165) is 12.1 Å². The molecular weight excluding hydrogens is 303 g/mol. The first-order valence-electron chi connectivity index (χ1n) is 5.85. The second-order valence-corrected chi connectivity index (χ2v) is 5.10. The third kappa shape index (κ3) is 2.25. The van der Waals surface area contributed by atoms with E-state index >= 15 is 0 Å². The van der Waals surface area contributed by atoms with Crippen LogP contribution in [0.1, 0.15) is 5.56 Å². The van der Waals surface area contributed by atoms with Crippen molar-refractivity contribution in [1.82, 2.24) is 14.6 Å². The van der Waals surface area contributed by atoms with Gasteiger partial charge in [0.2, 0.25) is 11.1 Å². The van der Waals surface area contributed by atoms with Crippen LogP contribution in [-0.4, -0.2) is 20.9 Å². The molecule has 8 heteroatoms. The molecule has 0 atom stereocenters. The Labute approximate surface area is 120 Å². The molecule has 4 nitrogen and oxygen atoms in total. The Morgan fingerprint density at radius 2 is 1.95 bits per heavy atom. The number of hydrogen-bond acceptors (Lipinski definition) is 4. The Morgan fingerprint density at radius 3 is 2.62 bits per heavy atom. The highest BCUT2D eigenvalue weighted by Gasteiger charge is 2.30. The van der Waals surface area contributed by atoms with Gasteiger partial charge in [0.1, 0.15) is 0 Å². The SMILES string of the molecule is CSc1nnc2c(=O)c3ccc(C(F)(F)F)cc3ccn12. The molecule has 0 radical (unpaired) electrons. The fraction of sp³-hybridized carbons (Fsp3) is 0.154. The van der Waals surface area contributed by atoms with Gasteiger partial charge in [-0.3, -0.25) is 9.20 Å². The van der Waals surface area contributed by atoms with E-state index in [1.54, 1.807) is 6.26 Å². The van der Waals surface area contributed by atoms with Crippen LogP contribution >= 0.6 is 11.8 Å². The number of thioether (sulfide) groups is 1. The molecule has 0 saturated carbocycles. The highest BCUT2D eigenvalue weighted by Crippen LogP contribution is 2.30. The zero-order chi connectivity index (χ0) is 15.2. The van der Waals surface area contributed by atoms with E-state index in [0.29, 0.717) is 5.16 Å². The predicted octanol–water partition coefficient (Wildman–Crippen LogP) is 2.98. The molecule has 0 bridgehead atoms. The molecule has 0 N–H and O–H groups in total. The van der Waals surface area contributed by atoms with Crippen molar-refractivity contribution in [2.24, 2.45) is 0 Å². The van der Waals surface area contributed by atoms with E-state index in [2.05, 4.69) is 10.2 Å². The largest absolute Gasteiger partial charge is 0.416 e. The summed E-state index contributed by atoms with van der Waals surface area (Å²) in [5.74, 6) is 0. The van der Waals surface area contributed by atoms with E-state index in [4.69, 9.17) is 0 Å². The molecule has 0 spiro atoms. The Bertz CT molecular complexity index is 905. The van der Waals surface area contributed by atoms with E-state index in [-0.39, 0.29) is 16.4 Å². The second kappa shape index (κ2) is 4.73. The molecule has 0 unspecified atom stereocenters. The third-order valence-electron chi connectivity index (χ3n) is 3.08. The number of alkyl halides is 3. The lowest BCUT2D eigenvalue weighted by Gasteiger charge is -2.06. The number of hydrogen-bond donors (Lipinski definition) is 0. The molecule has 108 valence electrons. The van der Waals surface area contributed by atoms with Gasteiger partial charge in [-0.25, -0.2) is 0 Å². The standard InChI is InChI=1S/C13H8F3N3OS/c1-21-12-18-17-11-10(20)9-3-2-8(13(14,15)16)6-7(9)4-5-19(11)12/h2-6H,1H3. The Morgan fingerprint density at radius 1 is 1.19 bits per heavy atom. The second-order valence-electron chi connectivity index (χ2n) is 4.32. The molecule has 0 aliphatic carbocycles. The quantitative estimate of drug-likeness (QED) is 0.648. The maximum atomic E-state index is 12.7. The number of nitrogens with zero attached hydrogens (tertiary/aromatic N) is 3. The van der Waals surface area contributed by atoms with E-state index < -0.39 is 17.2 Å². The lowest BCUT2D eigenvalue weighted by atomic mass is 10.1. The normalized spacial score (nSPS) is 12.2. The van der Waals surface area contributed by atoms with Crippen LogP contribution in [0.2, 0.25) is 0 Å². The number of aromatic nitrogens is 3. The summed E-state index contributed by atoms with van der Waals surface area (Å²) in [5, 5.41) is 8.56. The first-order valence-corrected chi connectivity index (χ1v) is 7.07. The van der Waals surface area contributed by atoms with Crippen LogP contribution in [0.4, 0.5) is 13.2 Å². The molecule has 0 aliphatic heterocycles. The van der Waals surface area contributed by atoms with Crippen molar-refractivity contribution in [2.45, 2.75) is 11.3 Å². The summed E-state index contributed by atoms with van der Waals surface area (Å²) in [5.41, 5.74) is -1.15. The van der Waals surface area contributed by atoms with Crippen LogP contribution in [0, 0.1) is 0 Å². The lowest BCUT2D eigenvalue weighted by molar-refractivity contribution is -0.137. The van der Waals surface area contributed by atoms with E-state index in [9.17, 15) is 18.0 Å². The molecule has 0 saturated heterocycles. The van der Waals surface area contributed by atoms with E-state index in [1.807, 2.05) is 0 Å². The summed E-state index contributed by atoms with van der Waals surface area (Å²) in [4.78, 5) is 12.4. The summed E-state index contributed by atoms with van der Waals surface area (Å²) >= 11 is 1.29. The van der Waals surface area contributed by atoms with Gasteiger partial charge in [-0.05, 0) is 35.9 Å². The van der Waals surface area contributed by atoms with Crippen molar-refractivity contribution >= 4 is 28.2 Å². The fourth-order valence-corrected chi connectivity index (χ4v) is 2.53. The van der Waals surface area contributed by atoms with Crippen LogP contribution in [0.25, 0.3) is 16.4 Å². The van der Waals surface area contributed by atoms with Gasteiger partial charge < -0.3 is 0 Å². The summed E-state index contributed by atoms with van der Waals surface area (Å²) in [7, 11) is 0. The van der Waals surface area contributed by atoms with Gasteiger partial charge in [0.15, 0.2) is 5.16 Å². The summed E-state index contributed by atoms with van der Waals surface area (Å²) < 4.78 is 39.7. The van der Waals surface area contributed by atoms with Gasteiger partial charge in [-0.15, -0.1) is 10.2 Å². The smallest absolute Gasteiger partial charge is 0.285 e. The van der Waals surface area contributed by atoms with Crippen molar-refractivity contribution in [1.29, 1.82) is 0 Å². The van der Waals surface area contributed by atoms with Crippen molar-refractivity contribution in [3.63, 3.8) is 0 Å². The lowest BCUT2D eigenvalue weighted by Crippen LogP contribution is -2.06. The van der Waals surface area contributed by atoms with Crippen LogP contribution in [0.5, 0.6) is 0 Å². The third-order valence-corrected chi connectivity index (χ3v) is 3.72. The Balaban J connectivity index is 2.41. The maximum Gasteiger partial charge on any atom is 0.416 e. The monoisotopic (exact) mass is 311 g/mol. The summed E-state index contributed by atoms with van der Waals surface area (Å²) in [6, 6.07) is 4.49. The molecule has 3 rings (SSSR count). The topological polar surface area (TPSA) is 47.3 Å². The Hall–Kier alpha value is -2.09. The van der Waals surface area contributed by atoms with Crippen LogP contribution in [0.3, 0.4) is 0 Å². The zero-order valence-corrected chi connectivity index (χ0v) is 11.5. The zero-order valence-electron chi connectivity index (χ0n) is 10.7. The molecule has 2 aromatic heterocycles. The highest BCUT2D eigenvalue weighted by atomic mass is 32.2. The molecule has 0 fully saturated rings. The maximum absolute atomic E-state index is 12.7. The minimum absolute atomic E-state index is 0.0918. The average Bonchev–Trinajstić information content (AvgIpc) is 2.80. The molecule has 2 heterocycles. The van der Waals surface area contributed by atoms with Crippen LogP contribution < -0.4 is 5.43 Å². The van der Waals surface area contributed by atoms with Crippen molar-refractivity contribution < 1.29 is 13.2 Å². The summed E-state index contributed by atoms with van der Waals surface area (Å²) in [6.07, 6.45) is -1.17. The molecule has 0 aliphatic rings. The fourth-order valence-electron chi connectivity index (χ4n) is 2.06. The molecule has 1 aromatic carbocycles. The van der Waals surface area contributed by atoms with Crippen molar-refractivity contribution in [3.8, 4) is 0 Å². The van der Waals surface area contributed by atoms with Gasteiger partial charge in [-0.2, -0.15) is 13.2 Å². The molecule has 0 amide bonds. The van der Waals surface area contributed by atoms with Gasteiger partial charge in [0, 0.05) is 11.6 Å². The summed E-state index contributed by atoms with van der Waals surface area (Å²) in [6.45, 7) is 0. The van der Waals surface area contributed by atoms with Crippen LogP contribution in [-0.2, 0) is 6.18 Å². The highest BCUT2D eigenvalue weighted by molar-refractivity contribution is 7.98. The minimum atomic E-state index is -4.45. The first kappa shape index (κ1) is 13.9. The first-order chi connectivity index (χ1) is 9.91. The van der Waals surface area contributed by atoms with Crippen molar-refractivity contribution in [3.05, 3.63) is 46.2 Å². The molecular formula is C13H8F3N3OS. The van der Waals surface area contributed by atoms with Crippen LogP contribution in [0.15, 0.2) is 40.4 Å². The number of rotatable bonds is 1. The average molecular weight is 311 g/mol. The predicted molar refractivity (Wildman–Crippen MR) is 73.5 cm³/mol. The number of benzene rings is 1. The van der Waals surface area contributed by atoms with Gasteiger partial charge in [-0.1, -0.05) is 11.8 Å². The molecule has 21 heavy (non-hydrogen) atoms. The van der Waals surface area contributed by atoms with E-state index in [1.165, 1.54) is 34.5 Å². The van der Waals surface area contributed by atoms with Crippen molar-refractivity contribution in [2.75, 3.05) is 6.26 Å². The minimum Gasteiger partial charge on any atom is -0.285 e. The molecule has 3 aromatic rings.